The molecule has 0 unspecified atom stereocenters. The number of halogens is 2. The molecule has 1 aliphatic rings. The summed E-state index contributed by atoms with van der Waals surface area (Å²) in [5, 5.41) is 0. The highest BCUT2D eigenvalue weighted by molar-refractivity contribution is 5.18. The van der Waals surface area contributed by atoms with E-state index in [1.165, 1.54) is 13.0 Å². The number of hydrogen-bond donors (Lipinski definition) is 0. The molecule has 1 rings (SSSR count). The van der Waals surface area contributed by atoms with Gasteiger partial charge in [-0.3, -0.25) is 4.90 Å². The Bertz CT molecular complexity index is 404. The van der Waals surface area contributed by atoms with Crippen LogP contribution in [0.1, 0.15) is 20.8 Å². The molecule has 1 fully saturated rings. The third-order valence-electron chi connectivity index (χ3n) is 3.95. The van der Waals surface area contributed by atoms with Gasteiger partial charge >= 0.3 is 0 Å². The number of hydrogen-bond acceptors (Lipinski definition) is 3. The van der Waals surface area contributed by atoms with E-state index < -0.39 is 11.7 Å². The Morgan fingerprint density at radius 1 is 1.18 bits per heavy atom. The second-order valence-electron chi connectivity index (χ2n) is 6.08. The smallest absolute Gasteiger partial charge is 0.125 e. The predicted octanol–water partition coefficient (Wildman–Crippen LogP) is 3.18. The molecule has 1 aliphatic heterocycles. The SMILES string of the molecule is C\C(F)=C/C(F)=C\C=C\N1CCN(CCN(C)C(C)C)CC1. The summed E-state index contributed by atoms with van der Waals surface area (Å²) in [5.41, 5.74) is 0. The molecule has 5 heteroatoms. The lowest BCUT2D eigenvalue weighted by atomic mass is 10.3. The summed E-state index contributed by atoms with van der Waals surface area (Å²) < 4.78 is 25.7. The highest BCUT2D eigenvalue weighted by Gasteiger charge is 2.14. The Hall–Kier alpha value is -1.20. The van der Waals surface area contributed by atoms with Crippen molar-refractivity contribution in [3.63, 3.8) is 0 Å². The Morgan fingerprint density at radius 2 is 1.82 bits per heavy atom. The number of piperazine rings is 1. The van der Waals surface area contributed by atoms with E-state index >= 15 is 0 Å². The van der Waals surface area contributed by atoms with Crippen LogP contribution in [0.25, 0.3) is 0 Å². The van der Waals surface area contributed by atoms with Gasteiger partial charge in [0.25, 0.3) is 0 Å². The number of rotatable bonds is 7. The molecular weight excluding hydrogens is 284 g/mol. The quantitative estimate of drug-likeness (QED) is 0.668. The van der Waals surface area contributed by atoms with E-state index in [-0.39, 0.29) is 0 Å². The maximum atomic E-state index is 13.2. The lowest BCUT2D eigenvalue weighted by Gasteiger charge is -2.35. The molecule has 22 heavy (non-hydrogen) atoms. The normalized spacial score (nSPS) is 19.0. The van der Waals surface area contributed by atoms with Gasteiger partial charge in [-0.05, 0) is 46.2 Å². The lowest BCUT2D eigenvalue weighted by molar-refractivity contribution is 0.145. The first-order chi connectivity index (χ1) is 10.4. The van der Waals surface area contributed by atoms with Crippen molar-refractivity contribution in [2.75, 3.05) is 46.3 Å². The van der Waals surface area contributed by atoms with Gasteiger partial charge in [0.05, 0.1) is 5.83 Å². The fraction of sp³-hybridized carbons (Fsp3) is 0.647. The Kier molecular flexibility index (Phi) is 8.35. The maximum absolute atomic E-state index is 13.2. The molecule has 0 spiro atoms. The van der Waals surface area contributed by atoms with Crippen LogP contribution in [0, 0.1) is 0 Å². The first-order valence-corrected chi connectivity index (χ1v) is 7.93. The summed E-state index contributed by atoms with van der Waals surface area (Å²) >= 11 is 0. The summed E-state index contributed by atoms with van der Waals surface area (Å²) in [5.74, 6) is -1.09. The van der Waals surface area contributed by atoms with E-state index in [1.807, 2.05) is 6.20 Å². The van der Waals surface area contributed by atoms with Crippen LogP contribution in [0.4, 0.5) is 8.78 Å². The molecule has 0 amide bonds. The minimum absolute atomic E-state index is 0.526. The molecule has 0 aromatic heterocycles. The van der Waals surface area contributed by atoms with Crippen molar-refractivity contribution in [1.82, 2.24) is 14.7 Å². The summed E-state index contributed by atoms with van der Waals surface area (Å²) in [4.78, 5) is 6.97. The van der Waals surface area contributed by atoms with E-state index in [9.17, 15) is 8.78 Å². The molecule has 0 saturated carbocycles. The van der Waals surface area contributed by atoms with Crippen molar-refractivity contribution in [2.45, 2.75) is 26.8 Å². The number of allylic oxidation sites excluding steroid dienone is 5. The van der Waals surface area contributed by atoms with E-state index in [1.54, 1.807) is 6.08 Å². The second kappa shape index (κ2) is 9.74. The van der Waals surface area contributed by atoms with E-state index in [0.717, 1.165) is 45.3 Å². The highest BCUT2D eigenvalue weighted by atomic mass is 19.1. The van der Waals surface area contributed by atoms with Crippen molar-refractivity contribution >= 4 is 0 Å². The number of nitrogens with zero attached hydrogens (tertiary/aromatic N) is 3. The van der Waals surface area contributed by atoms with Gasteiger partial charge < -0.3 is 9.80 Å². The van der Waals surface area contributed by atoms with Crippen LogP contribution in [0.5, 0.6) is 0 Å². The third-order valence-corrected chi connectivity index (χ3v) is 3.95. The molecule has 1 saturated heterocycles. The number of likely N-dealkylation sites (N-methyl/N-ethyl adjacent to an activating group) is 1. The maximum Gasteiger partial charge on any atom is 0.125 e. The van der Waals surface area contributed by atoms with Crippen LogP contribution in [0.15, 0.2) is 36.1 Å². The van der Waals surface area contributed by atoms with Crippen molar-refractivity contribution in [2.24, 2.45) is 0 Å². The van der Waals surface area contributed by atoms with Crippen LogP contribution in [0.2, 0.25) is 0 Å². The standard InChI is InChI=1S/C17H29F2N3/c1-15(2)20(4)8-9-22-12-10-21(11-13-22)7-5-6-17(19)14-16(3)18/h5-7,14-15H,8-13H2,1-4H3/b7-5+,16-14+,17-6+. The van der Waals surface area contributed by atoms with Gasteiger partial charge in [0.15, 0.2) is 0 Å². The minimum atomic E-state index is -0.563. The molecule has 0 bridgehead atoms. The fourth-order valence-electron chi connectivity index (χ4n) is 2.19. The van der Waals surface area contributed by atoms with Gasteiger partial charge in [0.2, 0.25) is 0 Å². The van der Waals surface area contributed by atoms with Crippen molar-refractivity contribution in [3.8, 4) is 0 Å². The van der Waals surface area contributed by atoms with Crippen LogP contribution in [-0.4, -0.2) is 67.1 Å². The fourth-order valence-corrected chi connectivity index (χ4v) is 2.19. The largest absolute Gasteiger partial charge is 0.375 e. The Labute approximate surface area is 133 Å². The molecule has 1 heterocycles. The first-order valence-electron chi connectivity index (χ1n) is 7.93. The van der Waals surface area contributed by atoms with Gasteiger partial charge in [0, 0.05) is 51.4 Å². The third kappa shape index (κ3) is 7.71. The van der Waals surface area contributed by atoms with E-state index in [2.05, 4.69) is 35.6 Å². The topological polar surface area (TPSA) is 9.72 Å². The van der Waals surface area contributed by atoms with Crippen LogP contribution < -0.4 is 0 Å². The molecule has 0 N–H and O–H groups in total. The van der Waals surface area contributed by atoms with E-state index in [0.29, 0.717) is 6.04 Å². The first kappa shape index (κ1) is 18.8. The molecule has 0 aromatic rings. The Balaban J connectivity index is 2.29. The van der Waals surface area contributed by atoms with Gasteiger partial charge in [-0.15, -0.1) is 0 Å². The zero-order valence-corrected chi connectivity index (χ0v) is 14.2. The second-order valence-corrected chi connectivity index (χ2v) is 6.08. The molecule has 0 radical (unpaired) electrons. The molecule has 0 aromatic carbocycles. The van der Waals surface area contributed by atoms with Crippen LogP contribution in [-0.2, 0) is 0 Å². The minimum Gasteiger partial charge on any atom is -0.375 e. The lowest BCUT2D eigenvalue weighted by Crippen LogP contribution is -2.46. The predicted molar refractivity (Wildman–Crippen MR) is 89.0 cm³/mol. The highest BCUT2D eigenvalue weighted by Crippen LogP contribution is 2.06. The van der Waals surface area contributed by atoms with Gasteiger partial charge in [-0.2, -0.15) is 0 Å². The monoisotopic (exact) mass is 313 g/mol. The average molecular weight is 313 g/mol. The summed E-state index contributed by atoms with van der Waals surface area (Å²) in [6, 6.07) is 0.577. The van der Waals surface area contributed by atoms with Gasteiger partial charge in [0.1, 0.15) is 5.83 Å². The van der Waals surface area contributed by atoms with Crippen molar-refractivity contribution < 1.29 is 8.78 Å². The Morgan fingerprint density at radius 3 is 2.36 bits per heavy atom. The van der Waals surface area contributed by atoms with E-state index in [4.69, 9.17) is 0 Å². The van der Waals surface area contributed by atoms with Gasteiger partial charge in [-0.1, -0.05) is 0 Å². The van der Waals surface area contributed by atoms with Crippen molar-refractivity contribution in [1.29, 1.82) is 0 Å². The molecule has 0 atom stereocenters. The molecule has 0 aliphatic carbocycles. The zero-order valence-electron chi connectivity index (χ0n) is 14.2. The molecular formula is C17H29F2N3. The average Bonchev–Trinajstić information content (AvgIpc) is 2.45. The van der Waals surface area contributed by atoms with Crippen LogP contribution >= 0.6 is 0 Å². The zero-order chi connectivity index (χ0) is 16.5. The summed E-state index contributed by atoms with van der Waals surface area (Å²) in [7, 11) is 2.15. The summed E-state index contributed by atoms with van der Waals surface area (Å²) in [6.45, 7) is 11.7. The molecule has 3 nitrogen and oxygen atoms in total. The van der Waals surface area contributed by atoms with Crippen LogP contribution in [0.3, 0.4) is 0 Å². The molecule has 126 valence electrons. The summed E-state index contributed by atoms with van der Waals surface area (Å²) in [6.07, 6.45) is 5.68. The van der Waals surface area contributed by atoms with Crippen molar-refractivity contribution in [3.05, 3.63) is 36.1 Å². The van der Waals surface area contributed by atoms with Gasteiger partial charge in [-0.25, -0.2) is 8.78 Å².